The lowest BCUT2D eigenvalue weighted by Crippen LogP contribution is -2.30. The molecule has 0 aliphatic carbocycles. The molecule has 6 heteroatoms. The average Bonchev–Trinajstić information content (AvgIpc) is 3.37. The van der Waals surface area contributed by atoms with E-state index in [1.165, 1.54) is 212 Å². The lowest BCUT2D eigenvalue weighted by molar-refractivity contribution is -0.167. The molecule has 0 bridgehead atoms. The molecule has 0 heterocycles. The van der Waals surface area contributed by atoms with Gasteiger partial charge in [0.15, 0.2) is 6.10 Å². The Morgan fingerprint density at radius 2 is 0.563 bits per heavy atom. The molecule has 6 nitrogen and oxygen atoms in total. The van der Waals surface area contributed by atoms with Crippen LogP contribution in [0, 0.1) is 0 Å². The number of hydrogen-bond acceptors (Lipinski definition) is 6. The van der Waals surface area contributed by atoms with E-state index in [1.807, 2.05) is 0 Å². The Hall–Kier alpha value is -2.89. The second-order valence-electron chi connectivity index (χ2n) is 20.6. The van der Waals surface area contributed by atoms with Crippen molar-refractivity contribution in [2.75, 3.05) is 13.2 Å². The second-order valence-corrected chi connectivity index (χ2v) is 20.6. The van der Waals surface area contributed by atoms with Gasteiger partial charge < -0.3 is 14.2 Å². The van der Waals surface area contributed by atoms with Gasteiger partial charge in [-0.1, -0.05) is 281 Å². The number of allylic oxidation sites excluding steroid dienone is 10. The van der Waals surface area contributed by atoms with Gasteiger partial charge in [0.25, 0.3) is 0 Å². The molecule has 0 N–H and O–H groups in total. The standard InChI is InChI=1S/C65H116O6/c1-4-7-10-13-16-19-22-25-28-31-32-35-37-40-43-46-49-52-55-58-64(67)70-61-62(71-65(68)59-56-53-50-47-44-41-38-34-30-27-24-21-18-15-12-9-6-3)60-69-63(66)57-54-51-48-45-42-39-36-33-29-26-23-20-17-14-11-8-5-2/h16,19,22,25,27,30,38,41,47,50,62H,4-15,17-18,20-21,23-24,26,28-29,31-37,39-40,42-46,48-49,51-61H2,1-3H3/b19-16-,25-22-,30-27-,41-38-,50-47-. The monoisotopic (exact) mass is 993 g/mol. The van der Waals surface area contributed by atoms with Gasteiger partial charge in [-0.3, -0.25) is 14.4 Å². The first kappa shape index (κ1) is 68.1. The van der Waals surface area contributed by atoms with E-state index in [2.05, 4.69) is 81.5 Å². The zero-order chi connectivity index (χ0) is 51.4. The van der Waals surface area contributed by atoms with Crippen molar-refractivity contribution >= 4 is 17.9 Å². The van der Waals surface area contributed by atoms with Crippen LogP contribution in [-0.2, 0) is 28.6 Å². The van der Waals surface area contributed by atoms with Gasteiger partial charge in [-0.25, -0.2) is 0 Å². The topological polar surface area (TPSA) is 78.9 Å². The zero-order valence-electron chi connectivity index (χ0n) is 47.2. The Bertz CT molecular complexity index is 1280. The van der Waals surface area contributed by atoms with E-state index < -0.39 is 6.10 Å². The summed E-state index contributed by atoms with van der Waals surface area (Å²) in [6.07, 6.45) is 75.1. The minimum Gasteiger partial charge on any atom is -0.462 e. The maximum atomic E-state index is 12.9. The highest BCUT2D eigenvalue weighted by Crippen LogP contribution is 2.16. The summed E-state index contributed by atoms with van der Waals surface area (Å²) in [4.78, 5) is 38.2. The zero-order valence-corrected chi connectivity index (χ0v) is 47.2. The quantitative estimate of drug-likeness (QED) is 0.0199. The van der Waals surface area contributed by atoms with Crippen molar-refractivity contribution < 1.29 is 28.6 Å². The first-order valence-electron chi connectivity index (χ1n) is 30.8. The molecule has 412 valence electrons. The van der Waals surface area contributed by atoms with E-state index in [0.29, 0.717) is 19.3 Å². The van der Waals surface area contributed by atoms with Crippen molar-refractivity contribution in [3.8, 4) is 0 Å². The smallest absolute Gasteiger partial charge is 0.306 e. The molecule has 0 aromatic carbocycles. The van der Waals surface area contributed by atoms with Crippen molar-refractivity contribution in [1.29, 1.82) is 0 Å². The molecule has 0 spiro atoms. The summed E-state index contributed by atoms with van der Waals surface area (Å²) in [5, 5.41) is 0. The SMILES string of the molecule is CCCCC/C=C\C=C/CCCCCCCCCCCCC(=O)OCC(COC(=O)CCCCCCCCCCCCCCCCCCC)OC(=O)CCC/C=C\C/C=C\C/C=C\CCCCCCCC. The van der Waals surface area contributed by atoms with Crippen molar-refractivity contribution in [1.82, 2.24) is 0 Å². The summed E-state index contributed by atoms with van der Waals surface area (Å²) in [5.41, 5.74) is 0. The van der Waals surface area contributed by atoms with Gasteiger partial charge in [-0.15, -0.1) is 0 Å². The summed E-state index contributed by atoms with van der Waals surface area (Å²) in [7, 11) is 0. The molecule has 1 atom stereocenters. The van der Waals surface area contributed by atoms with Crippen LogP contribution in [0.2, 0.25) is 0 Å². The number of rotatable bonds is 56. The number of esters is 3. The first-order valence-corrected chi connectivity index (χ1v) is 30.8. The lowest BCUT2D eigenvalue weighted by Gasteiger charge is -2.18. The molecule has 0 amide bonds. The van der Waals surface area contributed by atoms with Gasteiger partial charge in [0, 0.05) is 19.3 Å². The van der Waals surface area contributed by atoms with E-state index in [1.54, 1.807) is 0 Å². The maximum Gasteiger partial charge on any atom is 0.306 e. The van der Waals surface area contributed by atoms with Crippen LogP contribution in [0.15, 0.2) is 60.8 Å². The third kappa shape index (κ3) is 57.9. The van der Waals surface area contributed by atoms with Gasteiger partial charge in [0.2, 0.25) is 0 Å². The fourth-order valence-corrected chi connectivity index (χ4v) is 8.86. The molecule has 1 unspecified atom stereocenters. The minimum atomic E-state index is -0.801. The fourth-order valence-electron chi connectivity index (χ4n) is 8.86. The predicted octanol–water partition coefficient (Wildman–Crippen LogP) is 20.8. The summed E-state index contributed by atoms with van der Waals surface area (Å²) < 4.78 is 16.9. The van der Waals surface area contributed by atoms with Crippen LogP contribution in [-0.4, -0.2) is 37.2 Å². The largest absolute Gasteiger partial charge is 0.462 e. The van der Waals surface area contributed by atoms with Crippen LogP contribution in [0.5, 0.6) is 0 Å². The van der Waals surface area contributed by atoms with Crippen molar-refractivity contribution in [3.63, 3.8) is 0 Å². The van der Waals surface area contributed by atoms with Gasteiger partial charge in [0.05, 0.1) is 0 Å². The molecule has 0 fully saturated rings. The van der Waals surface area contributed by atoms with Crippen molar-refractivity contribution in [2.24, 2.45) is 0 Å². The molecular formula is C65H116O6. The van der Waals surface area contributed by atoms with E-state index in [9.17, 15) is 14.4 Å². The molecule has 0 aromatic heterocycles. The van der Waals surface area contributed by atoms with Crippen LogP contribution >= 0.6 is 0 Å². The molecule has 0 aliphatic heterocycles. The Balaban J connectivity index is 4.42. The minimum absolute atomic E-state index is 0.0921. The number of unbranched alkanes of at least 4 members (excludes halogenated alkanes) is 36. The molecule has 71 heavy (non-hydrogen) atoms. The third-order valence-electron chi connectivity index (χ3n) is 13.5. The maximum absolute atomic E-state index is 12.9. The Labute approximate surface area is 440 Å². The molecule has 0 aliphatic rings. The van der Waals surface area contributed by atoms with Crippen LogP contribution in [0.4, 0.5) is 0 Å². The summed E-state index contributed by atoms with van der Waals surface area (Å²) in [6, 6.07) is 0. The highest BCUT2D eigenvalue weighted by molar-refractivity contribution is 5.71. The summed E-state index contributed by atoms with van der Waals surface area (Å²) >= 11 is 0. The van der Waals surface area contributed by atoms with Crippen LogP contribution in [0.1, 0.15) is 316 Å². The van der Waals surface area contributed by atoms with Gasteiger partial charge >= 0.3 is 17.9 Å². The van der Waals surface area contributed by atoms with Crippen LogP contribution < -0.4 is 0 Å². The molecule has 0 saturated heterocycles. The first-order chi connectivity index (χ1) is 35.0. The van der Waals surface area contributed by atoms with Crippen LogP contribution in [0.3, 0.4) is 0 Å². The van der Waals surface area contributed by atoms with Crippen molar-refractivity contribution in [3.05, 3.63) is 60.8 Å². The second kappa shape index (κ2) is 59.7. The number of ether oxygens (including phenoxy) is 3. The van der Waals surface area contributed by atoms with Crippen LogP contribution in [0.25, 0.3) is 0 Å². The van der Waals surface area contributed by atoms with E-state index >= 15 is 0 Å². The molecule has 0 saturated carbocycles. The molecule has 0 radical (unpaired) electrons. The lowest BCUT2D eigenvalue weighted by atomic mass is 10.0. The van der Waals surface area contributed by atoms with E-state index in [0.717, 1.165) is 57.8 Å². The van der Waals surface area contributed by atoms with Gasteiger partial charge in [-0.05, 0) is 77.0 Å². The average molecular weight is 994 g/mol. The fraction of sp³-hybridized carbons (Fsp3) is 0.800. The summed E-state index contributed by atoms with van der Waals surface area (Å²) in [5.74, 6) is -0.932. The Kier molecular flexibility index (Phi) is 57.2. The Morgan fingerprint density at radius 1 is 0.296 bits per heavy atom. The van der Waals surface area contributed by atoms with Gasteiger partial charge in [-0.2, -0.15) is 0 Å². The van der Waals surface area contributed by atoms with E-state index in [4.69, 9.17) is 14.2 Å². The molecule has 0 rings (SSSR count). The van der Waals surface area contributed by atoms with E-state index in [-0.39, 0.29) is 37.5 Å². The Morgan fingerprint density at radius 3 is 0.944 bits per heavy atom. The third-order valence-corrected chi connectivity index (χ3v) is 13.5. The number of carbonyl (C=O) groups is 3. The molecular weight excluding hydrogens is 877 g/mol. The predicted molar refractivity (Wildman–Crippen MR) is 307 cm³/mol. The van der Waals surface area contributed by atoms with Crippen molar-refractivity contribution in [2.45, 2.75) is 322 Å². The highest BCUT2D eigenvalue weighted by atomic mass is 16.6. The number of hydrogen-bond donors (Lipinski definition) is 0. The van der Waals surface area contributed by atoms with Gasteiger partial charge in [0.1, 0.15) is 13.2 Å². The molecule has 0 aromatic rings. The number of carbonyl (C=O) groups excluding carboxylic acids is 3. The normalized spacial score (nSPS) is 12.4. The highest BCUT2D eigenvalue weighted by Gasteiger charge is 2.19. The summed E-state index contributed by atoms with van der Waals surface area (Å²) in [6.45, 7) is 6.60.